The Kier molecular flexibility index (Phi) is 5.57. The molecule has 120 valence electrons. The zero-order valence-electron chi connectivity index (χ0n) is 14.0. The lowest BCUT2D eigenvalue weighted by atomic mass is 9.85. The van der Waals surface area contributed by atoms with Crippen LogP contribution in [0.3, 0.4) is 0 Å². The summed E-state index contributed by atoms with van der Waals surface area (Å²) in [5.41, 5.74) is 4.10. The quantitative estimate of drug-likeness (QED) is 0.922. The van der Waals surface area contributed by atoms with Gasteiger partial charge in [-0.2, -0.15) is 0 Å². The Morgan fingerprint density at radius 2 is 1.76 bits per heavy atom. The zero-order valence-corrected chi connectivity index (χ0v) is 14.9. The summed E-state index contributed by atoms with van der Waals surface area (Å²) in [6, 6.07) is 0. The van der Waals surface area contributed by atoms with Gasteiger partial charge in [0.15, 0.2) is 0 Å². The SMILES string of the molecule is Cc1c(C)c2c(c(C)c1O)CCC(C)(CCN(C)C)O2.Cl. The van der Waals surface area contributed by atoms with E-state index in [2.05, 4.69) is 25.9 Å². The van der Waals surface area contributed by atoms with Crippen molar-refractivity contribution in [1.82, 2.24) is 4.90 Å². The van der Waals surface area contributed by atoms with Gasteiger partial charge in [-0.3, -0.25) is 0 Å². The largest absolute Gasteiger partial charge is 0.507 e. The van der Waals surface area contributed by atoms with Crippen LogP contribution in [0.2, 0.25) is 0 Å². The smallest absolute Gasteiger partial charge is 0.127 e. The van der Waals surface area contributed by atoms with Crippen LogP contribution in [0.1, 0.15) is 42.0 Å². The van der Waals surface area contributed by atoms with Crippen molar-refractivity contribution < 1.29 is 9.84 Å². The van der Waals surface area contributed by atoms with E-state index in [-0.39, 0.29) is 18.0 Å². The molecule has 3 nitrogen and oxygen atoms in total. The van der Waals surface area contributed by atoms with Crippen molar-refractivity contribution in [2.24, 2.45) is 0 Å². The Bertz CT molecular complexity index is 528. The first-order valence-electron chi connectivity index (χ1n) is 7.40. The fourth-order valence-electron chi connectivity index (χ4n) is 2.93. The molecule has 1 N–H and O–H groups in total. The van der Waals surface area contributed by atoms with Crippen LogP contribution in [-0.2, 0) is 6.42 Å². The van der Waals surface area contributed by atoms with Crippen molar-refractivity contribution in [2.75, 3.05) is 20.6 Å². The maximum Gasteiger partial charge on any atom is 0.127 e. The number of ether oxygens (including phenoxy) is 1. The van der Waals surface area contributed by atoms with Crippen molar-refractivity contribution >= 4 is 12.4 Å². The second kappa shape index (κ2) is 6.45. The lowest BCUT2D eigenvalue weighted by Crippen LogP contribution is -2.39. The molecular weight excluding hydrogens is 286 g/mol. The number of halogens is 1. The number of hydrogen-bond donors (Lipinski definition) is 1. The highest BCUT2D eigenvalue weighted by Crippen LogP contribution is 2.43. The molecule has 1 aliphatic heterocycles. The Balaban J connectivity index is 0.00000220. The molecule has 2 rings (SSSR count). The molecule has 0 saturated heterocycles. The predicted molar refractivity (Wildman–Crippen MR) is 90.1 cm³/mol. The van der Waals surface area contributed by atoms with Gasteiger partial charge in [0.1, 0.15) is 17.1 Å². The second-order valence-corrected chi connectivity index (χ2v) is 6.64. The van der Waals surface area contributed by atoms with Gasteiger partial charge in [-0.05, 0) is 77.7 Å². The Hall–Kier alpha value is -0.930. The number of nitrogens with zero attached hydrogens (tertiary/aromatic N) is 1. The van der Waals surface area contributed by atoms with Gasteiger partial charge in [-0.25, -0.2) is 0 Å². The monoisotopic (exact) mass is 313 g/mol. The van der Waals surface area contributed by atoms with Gasteiger partial charge in [-0.1, -0.05) is 0 Å². The Labute approximate surface area is 134 Å². The summed E-state index contributed by atoms with van der Waals surface area (Å²) < 4.78 is 6.38. The van der Waals surface area contributed by atoms with E-state index in [9.17, 15) is 5.11 Å². The molecule has 1 unspecified atom stereocenters. The van der Waals surface area contributed by atoms with Gasteiger partial charge >= 0.3 is 0 Å². The maximum atomic E-state index is 10.2. The van der Waals surface area contributed by atoms with Crippen LogP contribution in [0.15, 0.2) is 0 Å². The molecule has 1 aromatic rings. The van der Waals surface area contributed by atoms with Crippen molar-refractivity contribution in [3.63, 3.8) is 0 Å². The number of hydrogen-bond acceptors (Lipinski definition) is 3. The fraction of sp³-hybridized carbons (Fsp3) is 0.647. The molecule has 0 aliphatic carbocycles. The standard InChI is InChI=1S/C17H27NO2.ClH/c1-11-12(2)16-14(13(3)15(11)19)7-8-17(4,20-16)9-10-18(5)6;/h19H,7-10H2,1-6H3;1H. The average Bonchev–Trinajstić information content (AvgIpc) is 2.41. The van der Waals surface area contributed by atoms with Gasteiger partial charge in [0, 0.05) is 12.1 Å². The minimum absolute atomic E-state index is 0. The minimum Gasteiger partial charge on any atom is -0.507 e. The van der Waals surface area contributed by atoms with Crippen LogP contribution in [-0.4, -0.2) is 36.2 Å². The lowest BCUT2D eigenvalue weighted by molar-refractivity contribution is 0.0480. The van der Waals surface area contributed by atoms with Gasteiger partial charge < -0.3 is 14.7 Å². The number of benzene rings is 1. The maximum absolute atomic E-state index is 10.2. The molecule has 1 atom stereocenters. The number of rotatable bonds is 3. The van der Waals surface area contributed by atoms with E-state index in [1.807, 2.05) is 20.8 Å². The zero-order chi connectivity index (χ0) is 15.1. The molecule has 1 aromatic carbocycles. The second-order valence-electron chi connectivity index (χ2n) is 6.64. The van der Waals surface area contributed by atoms with E-state index < -0.39 is 0 Å². The molecule has 1 heterocycles. The first kappa shape index (κ1) is 18.1. The summed E-state index contributed by atoms with van der Waals surface area (Å²) >= 11 is 0. The van der Waals surface area contributed by atoms with Crippen LogP contribution in [0, 0.1) is 20.8 Å². The summed E-state index contributed by atoms with van der Waals surface area (Å²) in [6.45, 7) is 9.24. The fourth-order valence-corrected chi connectivity index (χ4v) is 2.93. The number of phenolic OH excluding ortho intramolecular Hbond substituents is 1. The third-order valence-corrected chi connectivity index (χ3v) is 4.68. The van der Waals surface area contributed by atoms with Crippen molar-refractivity contribution in [3.05, 3.63) is 22.3 Å². The van der Waals surface area contributed by atoms with Crippen LogP contribution in [0.5, 0.6) is 11.5 Å². The van der Waals surface area contributed by atoms with E-state index in [1.54, 1.807) is 0 Å². The van der Waals surface area contributed by atoms with Gasteiger partial charge in [0.2, 0.25) is 0 Å². The van der Waals surface area contributed by atoms with Crippen molar-refractivity contribution in [3.8, 4) is 11.5 Å². The Morgan fingerprint density at radius 1 is 1.14 bits per heavy atom. The Morgan fingerprint density at radius 3 is 2.33 bits per heavy atom. The molecule has 1 aliphatic rings. The summed E-state index contributed by atoms with van der Waals surface area (Å²) in [6.07, 6.45) is 3.02. The first-order chi connectivity index (χ1) is 9.25. The topological polar surface area (TPSA) is 32.7 Å². The van der Waals surface area contributed by atoms with Gasteiger partial charge in [0.25, 0.3) is 0 Å². The highest BCUT2D eigenvalue weighted by Gasteiger charge is 2.34. The molecule has 0 bridgehead atoms. The number of phenols is 1. The van der Waals surface area contributed by atoms with E-state index in [4.69, 9.17) is 4.74 Å². The summed E-state index contributed by atoms with van der Waals surface area (Å²) in [5, 5.41) is 10.2. The van der Waals surface area contributed by atoms with Crippen LogP contribution >= 0.6 is 12.4 Å². The van der Waals surface area contributed by atoms with Crippen LogP contribution < -0.4 is 4.74 Å². The first-order valence-corrected chi connectivity index (χ1v) is 7.40. The highest BCUT2D eigenvalue weighted by molar-refractivity contribution is 5.85. The molecule has 0 amide bonds. The molecule has 4 heteroatoms. The van der Waals surface area contributed by atoms with E-state index in [0.717, 1.165) is 48.2 Å². The third-order valence-electron chi connectivity index (χ3n) is 4.68. The summed E-state index contributed by atoms with van der Waals surface area (Å²) in [7, 11) is 4.19. The molecule has 0 fully saturated rings. The molecule has 21 heavy (non-hydrogen) atoms. The molecular formula is C17H28ClNO2. The molecule has 0 spiro atoms. The van der Waals surface area contributed by atoms with E-state index in [0.29, 0.717) is 5.75 Å². The van der Waals surface area contributed by atoms with E-state index in [1.165, 1.54) is 5.56 Å². The number of aromatic hydroxyl groups is 1. The molecule has 0 radical (unpaired) electrons. The predicted octanol–water partition coefficient (Wildman–Crippen LogP) is 3.77. The van der Waals surface area contributed by atoms with Gasteiger partial charge in [0.05, 0.1) is 0 Å². The number of fused-ring (bicyclic) bond motifs is 1. The van der Waals surface area contributed by atoms with Gasteiger partial charge in [-0.15, -0.1) is 12.4 Å². The third kappa shape index (κ3) is 3.46. The average molecular weight is 314 g/mol. The van der Waals surface area contributed by atoms with Crippen molar-refractivity contribution in [1.29, 1.82) is 0 Å². The lowest BCUT2D eigenvalue weighted by Gasteiger charge is -2.38. The molecule has 0 aromatic heterocycles. The highest BCUT2D eigenvalue weighted by atomic mass is 35.5. The van der Waals surface area contributed by atoms with Crippen LogP contribution in [0.25, 0.3) is 0 Å². The molecule has 0 saturated carbocycles. The minimum atomic E-state index is -0.0993. The normalized spacial score (nSPS) is 20.7. The van der Waals surface area contributed by atoms with E-state index >= 15 is 0 Å². The van der Waals surface area contributed by atoms with Crippen molar-refractivity contribution in [2.45, 2.75) is 52.6 Å². The summed E-state index contributed by atoms with van der Waals surface area (Å²) in [5.74, 6) is 1.44. The van der Waals surface area contributed by atoms with Crippen LogP contribution in [0.4, 0.5) is 0 Å². The summed E-state index contributed by atoms with van der Waals surface area (Å²) in [4.78, 5) is 2.20.